The lowest BCUT2D eigenvalue weighted by molar-refractivity contribution is -0.186. The van der Waals surface area contributed by atoms with E-state index < -0.39 is 24.2 Å². The van der Waals surface area contributed by atoms with Gasteiger partial charge >= 0.3 is 24.2 Å². The molecule has 1 aromatic rings. The number of carbonyl (C=O) groups excluding carboxylic acids is 3. The van der Waals surface area contributed by atoms with Crippen LogP contribution in [0.15, 0.2) is 42.5 Å². The standard InChI is InChI=1S/C14H14O7/c1-18-11(15)8-9-12(16)21-14(19-2)13(17)20-10-6-4-3-5-7-10/h3-9,14H,1-2H3/b9-8-. The van der Waals surface area contributed by atoms with Crippen molar-refractivity contribution in [3.63, 3.8) is 0 Å². The average molecular weight is 294 g/mol. The van der Waals surface area contributed by atoms with Gasteiger partial charge in [-0.3, -0.25) is 0 Å². The molecule has 0 spiro atoms. The summed E-state index contributed by atoms with van der Waals surface area (Å²) >= 11 is 0. The van der Waals surface area contributed by atoms with Gasteiger partial charge < -0.3 is 18.9 Å². The number of methoxy groups -OCH3 is 2. The van der Waals surface area contributed by atoms with E-state index in [1.165, 1.54) is 7.11 Å². The van der Waals surface area contributed by atoms with E-state index in [-0.39, 0.29) is 5.75 Å². The second-order valence-electron chi connectivity index (χ2n) is 3.60. The molecule has 0 aliphatic carbocycles. The predicted octanol–water partition coefficient (Wildman–Crippen LogP) is 0.837. The number of benzene rings is 1. The normalized spacial score (nSPS) is 11.7. The van der Waals surface area contributed by atoms with E-state index in [0.717, 1.165) is 19.3 Å². The van der Waals surface area contributed by atoms with Crippen LogP contribution in [-0.4, -0.2) is 38.4 Å². The minimum absolute atomic E-state index is 0.283. The summed E-state index contributed by atoms with van der Waals surface area (Å²) in [6.45, 7) is 0. The molecule has 0 aliphatic heterocycles. The average Bonchev–Trinajstić information content (AvgIpc) is 2.51. The first-order valence-electron chi connectivity index (χ1n) is 5.83. The molecule has 7 nitrogen and oxygen atoms in total. The summed E-state index contributed by atoms with van der Waals surface area (Å²) in [5.74, 6) is -2.29. The van der Waals surface area contributed by atoms with Crippen LogP contribution in [0.1, 0.15) is 0 Å². The molecule has 112 valence electrons. The van der Waals surface area contributed by atoms with E-state index in [4.69, 9.17) is 14.2 Å². The summed E-state index contributed by atoms with van der Waals surface area (Å²) in [6, 6.07) is 8.22. The van der Waals surface area contributed by atoms with Crippen molar-refractivity contribution in [3.8, 4) is 5.75 Å². The molecule has 1 unspecified atom stereocenters. The smallest absolute Gasteiger partial charge is 0.381 e. The fourth-order valence-electron chi connectivity index (χ4n) is 1.19. The molecule has 0 bridgehead atoms. The van der Waals surface area contributed by atoms with Gasteiger partial charge in [-0.15, -0.1) is 0 Å². The Kier molecular flexibility index (Phi) is 6.62. The van der Waals surface area contributed by atoms with Crippen LogP contribution in [0.2, 0.25) is 0 Å². The zero-order chi connectivity index (χ0) is 15.7. The SMILES string of the molecule is COC(=O)/C=C\C(=O)OC(OC)C(=O)Oc1ccccc1. The zero-order valence-corrected chi connectivity index (χ0v) is 11.5. The van der Waals surface area contributed by atoms with E-state index in [0.29, 0.717) is 0 Å². The Morgan fingerprint density at radius 1 is 1.00 bits per heavy atom. The molecular weight excluding hydrogens is 280 g/mol. The van der Waals surface area contributed by atoms with E-state index in [1.54, 1.807) is 30.3 Å². The second kappa shape index (κ2) is 8.49. The lowest BCUT2D eigenvalue weighted by Gasteiger charge is -2.13. The number of hydrogen-bond acceptors (Lipinski definition) is 7. The van der Waals surface area contributed by atoms with Crippen molar-refractivity contribution < 1.29 is 33.3 Å². The molecule has 0 radical (unpaired) electrons. The summed E-state index contributed by atoms with van der Waals surface area (Å²) in [5, 5.41) is 0. The summed E-state index contributed by atoms with van der Waals surface area (Å²) in [5.41, 5.74) is 0. The van der Waals surface area contributed by atoms with Crippen molar-refractivity contribution in [2.24, 2.45) is 0 Å². The first-order chi connectivity index (χ1) is 10.1. The highest BCUT2D eigenvalue weighted by molar-refractivity contribution is 5.92. The van der Waals surface area contributed by atoms with Crippen molar-refractivity contribution in [3.05, 3.63) is 42.5 Å². The maximum Gasteiger partial charge on any atom is 0.381 e. The number of para-hydroxylation sites is 1. The van der Waals surface area contributed by atoms with Gasteiger partial charge in [0.25, 0.3) is 0 Å². The molecule has 0 fully saturated rings. The molecule has 21 heavy (non-hydrogen) atoms. The third-order valence-electron chi connectivity index (χ3n) is 2.15. The van der Waals surface area contributed by atoms with Gasteiger partial charge in [0.2, 0.25) is 0 Å². The molecule has 0 saturated heterocycles. The lowest BCUT2D eigenvalue weighted by atomic mass is 10.3. The topological polar surface area (TPSA) is 88.1 Å². The number of ether oxygens (including phenoxy) is 4. The number of esters is 3. The highest BCUT2D eigenvalue weighted by Gasteiger charge is 2.24. The van der Waals surface area contributed by atoms with Gasteiger partial charge in [-0.25, -0.2) is 14.4 Å². The third-order valence-corrected chi connectivity index (χ3v) is 2.15. The molecule has 1 aromatic carbocycles. The number of rotatable bonds is 6. The van der Waals surface area contributed by atoms with Crippen LogP contribution < -0.4 is 4.74 Å². The maximum absolute atomic E-state index is 11.7. The molecule has 0 aromatic heterocycles. The van der Waals surface area contributed by atoms with E-state index in [9.17, 15) is 14.4 Å². The van der Waals surface area contributed by atoms with Crippen molar-refractivity contribution in [1.29, 1.82) is 0 Å². The van der Waals surface area contributed by atoms with Crippen LogP contribution in [0.5, 0.6) is 5.75 Å². The molecule has 0 heterocycles. The van der Waals surface area contributed by atoms with E-state index in [1.807, 2.05) is 0 Å². The van der Waals surface area contributed by atoms with E-state index >= 15 is 0 Å². The summed E-state index contributed by atoms with van der Waals surface area (Å²) in [7, 11) is 2.33. The lowest BCUT2D eigenvalue weighted by Crippen LogP contribution is -2.32. The Hall–Kier alpha value is -2.67. The fraction of sp³-hybridized carbons (Fsp3) is 0.214. The highest BCUT2D eigenvalue weighted by atomic mass is 16.7. The monoisotopic (exact) mass is 294 g/mol. The molecule has 1 rings (SSSR count). The highest BCUT2D eigenvalue weighted by Crippen LogP contribution is 2.10. The predicted molar refractivity (Wildman–Crippen MR) is 70.1 cm³/mol. The van der Waals surface area contributed by atoms with Crippen LogP contribution in [0.25, 0.3) is 0 Å². The first kappa shape index (κ1) is 16.4. The largest absolute Gasteiger partial charge is 0.466 e. The molecule has 0 N–H and O–H groups in total. The summed E-state index contributed by atoms with van der Waals surface area (Å²) in [6.07, 6.45) is 0.130. The third kappa shape index (κ3) is 5.87. The molecule has 0 saturated carbocycles. The minimum atomic E-state index is -1.54. The minimum Gasteiger partial charge on any atom is -0.466 e. The van der Waals surface area contributed by atoms with Gasteiger partial charge in [0.05, 0.1) is 7.11 Å². The Bertz CT molecular complexity index is 521. The van der Waals surface area contributed by atoms with Crippen LogP contribution in [0.3, 0.4) is 0 Å². The van der Waals surface area contributed by atoms with Crippen molar-refractivity contribution in [2.75, 3.05) is 14.2 Å². The summed E-state index contributed by atoms with van der Waals surface area (Å²) < 4.78 is 18.7. The Balaban J connectivity index is 2.58. The molecule has 7 heteroatoms. The van der Waals surface area contributed by atoms with Gasteiger partial charge in [0.1, 0.15) is 5.75 Å². The quantitative estimate of drug-likeness (QED) is 0.332. The summed E-state index contributed by atoms with van der Waals surface area (Å²) in [4.78, 5) is 33.9. The van der Waals surface area contributed by atoms with E-state index in [2.05, 4.69) is 4.74 Å². The maximum atomic E-state index is 11.7. The van der Waals surface area contributed by atoms with Crippen molar-refractivity contribution in [2.45, 2.75) is 6.29 Å². The Morgan fingerprint density at radius 2 is 1.62 bits per heavy atom. The Morgan fingerprint density at radius 3 is 2.19 bits per heavy atom. The van der Waals surface area contributed by atoms with Gasteiger partial charge in [-0.1, -0.05) is 18.2 Å². The van der Waals surface area contributed by atoms with Gasteiger partial charge in [-0.05, 0) is 12.1 Å². The number of hydrogen-bond donors (Lipinski definition) is 0. The van der Waals surface area contributed by atoms with Gasteiger partial charge in [0.15, 0.2) is 0 Å². The molecule has 1 atom stereocenters. The number of carbonyl (C=O) groups is 3. The fourth-order valence-corrected chi connectivity index (χ4v) is 1.19. The molecule has 0 aliphatic rings. The first-order valence-corrected chi connectivity index (χ1v) is 5.83. The van der Waals surface area contributed by atoms with Crippen molar-refractivity contribution in [1.82, 2.24) is 0 Å². The van der Waals surface area contributed by atoms with Crippen LogP contribution in [-0.2, 0) is 28.6 Å². The Labute approximate surface area is 121 Å². The zero-order valence-electron chi connectivity index (χ0n) is 11.5. The van der Waals surface area contributed by atoms with Crippen LogP contribution in [0, 0.1) is 0 Å². The molecular formula is C14H14O7. The second-order valence-corrected chi connectivity index (χ2v) is 3.60. The molecule has 0 amide bonds. The van der Waals surface area contributed by atoms with Crippen LogP contribution >= 0.6 is 0 Å². The van der Waals surface area contributed by atoms with Crippen LogP contribution in [0.4, 0.5) is 0 Å². The van der Waals surface area contributed by atoms with Gasteiger partial charge in [0, 0.05) is 19.3 Å². The van der Waals surface area contributed by atoms with Gasteiger partial charge in [-0.2, -0.15) is 0 Å². The van der Waals surface area contributed by atoms with Crippen molar-refractivity contribution >= 4 is 17.9 Å².